The summed E-state index contributed by atoms with van der Waals surface area (Å²) in [4.78, 5) is 12.0. The molecule has 0 radical (unpaired) electrons. The molecule has 0 bridgehead atoms. The average molecular weight is 365 g/mol. The van der Waals surface area contributed by atoms with Crippen LogP contribution in [-0.2, 0) is 16.4 Å². The van der Waals surface area contributed by atoms with Gasteiger partial charge in [-0.15, -0.1) is 0 Å². The van der Waals surface area contributed by atoms with Gasteiger partial charge in [-0.1, -0.05) is 18.2 Å². The number of benzene rings is 2. The maximum atomic E-state index is 12.8. The molecule has 134 valence electrons. The van der Waals surface area contributed by atoms with Gasteiger partial charge < -0.3 is 10.6 Å². The van der Waals surface area contributed by atoms with Gasteiger partial charge in [-0.05, 0) is 55.8 Å². The lowest BCUT2D eigenvalue weighted by molar-refractivity contribution is 0.252. The van der Waals surface area contributed by atoms with Crippen LogP contribution in [-0.4, -0.2) is 28.0 Å². The molecule has 2 aromatic rings. The normalized spacial score (nSPS) is 11.2. The minimum absolute atomic E-state index is 0.110. The van der Waals surface area contributed by atoms with Crippen molar-refractivity contribution in [3.8, 4) is 0 Å². The Bertz CT molecular complexity index is 852. The smallest absolute Gasteiger partial charge is 0.319 e. The Labute approximate surface area is 146 Å². The zero-order valence-corrected chi connectivity index (χ0v) is 14.8. The summed E-state index contributed by atoms with van der Waals surface area (Å²) in [5, 5.41) is 5.27. The Kier molecular flexibility index (Phi) is 6.11. The first-order valence-corrected chi connectivity index (χ1v) is 9.13. The molecular weight excluding hydrogens is 345 g/mol. The first kappa shape index (κ1) is 18.9. The first-order chi connectivity index (χ1) is 11.8. The predicted octanol–water partition coefficient (Wildman–Crippen LogP) is 2.41. The van der Waals surface area contributed by atoms with Crippen LogP contribution >= 0.6 is 0 Å². The SMILES string of the molecule is CNS(=O)(=O)c1cc(NC(=O)NCCc2ccc(F)cc2)ccc1C. The van der Waals surface area contributed by atoms with Crippen molar-refractivity contribution in [1.82, 2.24) is 10.0 Å². The summed E-state index contributed by atoms with van der Waals surface area (Å²) in [6, 6.07) is 10.3. The summed E-state index contributed by atoms with van der Waals surface area (Å²) in [5.41, 5.74) is 1.86. The summed E-state index contributed by atoms with van der Waals surface area (Å²) in [5.74, 6) is -0.304. The third-order valence-electron chi connectivity index (χ3n) is 3.62. The molecule has 25 heavy (non-hydrogen) atoms. The van der Waals surface area contributed by atoms with Crippen LogP contribution in [0.2, 0.25) is 0 Å². The lowest BCUT2D eigenvalue weighted by Gasteiger charge is -2.11. The van der Waals surface area contributed by atoms with Crippen molar-refractivity contribution < 1.29 is 17.6 Å². The third-order valence-corrected chi connectivity index (χ3v) is 5.17. The highest BCUT2D eigenvalue weighted by Crippen LogP contribution is 2.19. The average Bonchev–Trinajstić information content (AvgIpc) is 2.58. The highest BCUT2D eigenvalue weighted by atomic mass is 32.2. The van der Waals surface area contributed by atoms with E-state index in [1.807, 2.05) is 0 Å². The molecule has 0 heterocycles. The number of nitrogens with one attached hydrogen (secondary N) is 3. The molecule has 0 atom stereocenters. The first-order valence-electron chi connectivity index (χ1n) is 7.65. The molecule has 0 unspecified atom stereocenters. The van der Waals surface area contributed by atoms with E-state index in [1.54, 1.807) is 31.2 Å². The molecule has 0 aliphatic heterocycles. The summed E-state index contributed by atoms with van der Waals surface area (Å²) < 4.78 is 39.0. The molecule has 2 amide bonds. The Hall–Kier alpha value is -2.45. The highest BCUT2D eigenvalue weighted by molar-refractivity contribution is 7.89. The summed E-state index contributed by atoms with van der Waals surface area (Å²) in [6.07, 6.45) is 0.557. The van der Waals surface area contributed by atoms with Crippen LogP contribution in [0.1, 0.15) is 11.1 Å². The molecule has 8 heteroatoms. The minimum Gasteiger partial charge on any atom is -0.338 e. The second-order valence-corrected chi connectivity index (χ2v) is 7.30. The van der Waals surface area contributed by atoms with Crippen LogP contribution in [0.5, 0.6) is 0 Å². The highest BCUT2D eigenvalue weighted by Gasteiger charge is 2.15. The largest absolute Gasteiger partial charge is 0.338 e. The molecule has 2 rings (SSSR count). The lowest BCUT2D eigenvalue weighted by atomic mass is 10.1. The van der Waals surface area contributed by atoms with E-state index in [0.717, 1.165) is 5.56 Å². The van der Waals surface area contributed by atoms with Gasteiger partial charge in [-0.2, -0.15) is 0 Å². The summed E-state index contributed by atoms with van der Waals surface area (Å²) in [7, 11) is -2.27. The molecule has 0 saturated carbocycles. The Morgan fingerprint density at radius 1 is 1.12 bits per heavy atom. The molecule has 0 aliphatic rings. The Balaban J connectivity index is 1.94. The predicted molar refractivity (Wildman–Crippen MR) is 94.5 cm³/mol. The van der Waals surface area contributed by atoms with Crippen molar-refractivity contribution in [3.63, 3.8) is 0 Å². The van der Waals surface area contributed by atoms with Crippen molar-refractivity contribution in [2.75, 3.05) is 18.9 Å². The number of carbonyl (C=O) groups excluding carboxylic acids is 1. The molecular formula is C17H20FN3O3S. The number of aryl methyl sites for hydroxylation is 1. The third kappa shape index (κ3) is 5.27. The summed E-state index contributed by atoms with van der Waals surface area (Å²) in [6.45, 7) is 2.04. The molecule has 3 N–H and O–H groups in total. The maximum absolute atomic E-state index is 12.8. The van der Waals surface area contributed by atoms with Crippen molar-refractivity contribution >= 4 is 21.7 Å². The second kappa shape index (κ2) is 8.09. The number of urea groups is 1. The van der Waals surface area contributed by atoms with Gasteiger partial charge in [-0.25, -0.2) is 22.3 Å². The van der Waals surface area contributed by atoms with Crippen LogP contribution in [0.3, 0.4) is 0 Å². The number of hydrogen-bond acceptors (Lipinski definition) is 3. The van der Waals surface area contributed by atoms with Crippen LogP contribution in [0.15, 0.2) is 47.4 Å². The monoisotopic (exact) mass is 365 g/mol. The molecule has 0 fully saturated rings. The number of amides is 2. The van der Waals surface area contributed by atoms with E-state index in [0.29, 0.717) is 24.2 Å². The van der Waals surface area contributed by atoms with E-state index in [4.69, 9.17) is 0 Å². The van der Waals surface area contributed by atoms with E-state index >= 15 is 0 Å². The van der Waals surface area contributed by atoms with E-state index < -0.39 is 16.1 Å². The number of hydrogen-bond donors (Lipinski definition) is 3. The molecule has 0 saturated heterocycles. The number of rotatable bonds is 6. The summed E-state index contributed by atoms with van der Waals surface area (Å²) >= 11 is 0. The fourth-order valence-electron chi connectivity index (χ4n) is 2.22. The molecule has 0 spiro atoms. The molecule has 6 nitrogen and oxygen atoms in total. The van der Waals surface area contributed by atoms with Crippen LogP contribution < -0.4 is 15.4 Å². The van der Waals surface area contributed by atoms with E-state index in [1.165, 1.54) is 25.2 Å². The van der Waals surface area contributed by atoms with Crippen LogP contribution in [0, 0.1) is 12.7 Å². The zero-order chi connectivity index (χ0) is 18.4. The quantitative estimate of drug-likeness (QED) is 0.735. The van der Waals surface area contributed by atoms with Gasteiger partial charge >= 0.3 is 6.03 Å². The standard InChI is InChI=1S/C17H20FN3O3S/c1-12-3-8-15(11-16(12)25(23,24)19-2)21-17(22)20-10-9-13-4-6-14(18)7-5-13/h3-8,11,19H,9-10H2,1-2H3,(H2,20,21,22). The topological polar surface area (TPSA) is 87.3 Å². The van der Waals surface area contributed by atoms with Gasteiger partial charge in [0.1, 0.15) is 5.82 Å². The van der Waals surface area contributed by atoms with Crippen molar-refractivity contribution in [3.05, 3.63) is 59.4 Å². The Morgan fingerprint density at radius 3 is 2.44 bits per heavy atom. The van der Waals surface area contributed by atoms with E-state index in [9.17, 15) is 17.6 Å². The number of carbonyl (C=O) groups is 1. The van der Waals surface area contributed by atoms with Crippen LogP contribution in [0.25, 0.3) is 0 Å². The van der Waals surface area contributed by atoms with Crippen molar-refractivity contribution in [2.45, 2.75) is 18.2 Å². The van der Waals surface area contributed by atoms with Gasteiger partial charge in [0, 0.05) is 12.2 Å². The van der Waals surface area contributed by atoms with Crippen molar-refractivity contribution in [1.29, 1.82) is 0 Å². The van der Waals surface area contributed by atoms with Gasteiger partial charge in [0.2, 0.25) is 10.0 Å². The van der Waals surface area contributed by atoms with Gasteiger partial charge in [0.15, 0.2) is 0 Å². The van der Waals surface area contributed by atoms with Gasteiger partial charge in [0.05, 0.1) is 4.90 Å². The lowest BCUT2D eigenvalue weighted by Crippen LogP contribution is -2.30. The molecule has 0 aliphatic carbocycles. The fourth-order valence-corrected chi connectivity index (χ4v) is 3.22. The number of sulfonamides is 1. The second-order valence-electron chi connectivity index (χ2n) is 5.45. The molecule has 2 aromatic carbocycles. The Morgan fingerprint density at radius 2 is 1.80 bits per heavy atom. The van der Waals surface area contributed by atoms with Gasteiger partial charge in [0.25, 0.3) is 0 Å². The van der Waals surface area contributed by atoms with Gasteiger partial charge in [-0.3, -0.25) is 0 Å². The van der Waals surface area contributed by atoms with Crippen LogP contribution in [0.4, 0.5) is 14.9 Å². The minimum atomic E-state index is -3.60. The molecule has 0 aromatic heterocycles. The van der Waals surface area contributed by atoms with E-state index in [2.05, 4.69) is 15.4 Å². The number of halogens is 1. The van der Waals surface area contributed by atoms with Crippen molar-refractivity contribution in [2.24, 2.45) is 0 Å². The van der Waals surface area contributed by atoms with E-state index in [-0.39, 0.29) is 10.7 Å². The number of anilines is 1. The maximum Gasteiger partial charge on any atom is 0.319 e. The fraction of sp³-hybridized carbons (Fsp3) is 0.235. The zero-order valence-electron chi connectivity index (χ0n) is 14.0.